The van der Waals surface area contributed by atoms with Crippen molar-refractivity contribution in [3.63, 3.8) is 0 Å². The van der Waals surface area contributed by atoms with E-state index in [-0.39, 0.29) is 29.4 Å². The number of hydrogen-bond acceptors (Lipinski definition) is 5. The minimum absolute atomic E-state index is 0. The smallest absolute Gasteiger partial charge is 0.243 e. The lowest BCUT2D eigenvalue weighted by atomic mass is 10.2. The molecular formula is C15H23ClN2O4S. The number of fused-ring (bicyclic) bond motifs is 1. The summed E-state index contributed by atoms with van der Waals surface area (Å²) in [4.78, 5) is 0.262. The molecule has 0 amide bonds. The third-order valence-electron chi connectivity index (χ3n) is 3.88. The average molecular weight is 363 g/mol. The van der Waals surface area contributed by atoms with Crippen molar-refractivity contribution >= 4 is 22.4 Å². The number of rotatable bonds is 2. The molecule has 0 radical (unpaired) electrons. The summed E-state index contributed by atoms with van der Waals surface area (Å²) in [5.41, 5.74) is 0. The van der Waals surface area contributed by atoms with Crippen molar-refractivity contribution in [2.75, 3.05) is 26.3 Å². The first-order chi connectivity index (χ1) is 10.5. The van der Waals surface area contributed by atoms with Gasteiger partial charge in [-0.3, -0.25) is 0 Å². The lowest BCUT2D eigenvalue weighted by Gasteiger charge is -2.35. The maximum Gasteiger partial charge on any atom is 0.243 e. The molecule has 1 aromatic rings. The van der Waals surface area contributed by atoms with Crippen molar-refractivity contribution in [1.82, 2.24) is 9.62 Å². The van der Waals surface area contributed by atoms with E-state index in [1.165, 1.54) is 4.31 Å². The van der Waals surface area contributed by atoms with Gasteiger partial charge in [0.15, 0.2) is 11.5 Å². The van der Waals surface area contributed by atoms with Crippen molar-refractivity contribution in [2.45, 2.75) is 37.2 Å². The molecule has 6 nitrogen and oxygen atoms in total. The molecule has 0 aliphatic carbocycles. The number of halogens is 1. The highest BCUT2D eigenvalue weighted by Crippen LogP contribution is 2.33. The van der Waals surface area contributed by atoms with Crippen LogP contribution in [0.1, 0.15) is 20.3 Å². The van der Waals surface area contributed by atoms with Crippen LogP contribution >= 0.6 is 12.4 Å². The molecule has 0 bridgehead atoms. The van der Waals surface area contributed by atoms with Crippen LogP contribution < -0.4 is 14.8 Å². The van der Waals surface area contributed by atoms with Crippen molar-refractivity contribution < 1.29 is 17.9 Å². The molecule has 2 atom stereocenters. The van der Waals surface area contributed by atoms with Crippen LogP contribution in [0, 0.1) is 0 Å². The van der Waals surface area contributed by atoms with Crippen molar-refractivity contribution in [3.8, 4) is 11.5 Å². The third-order valence-corrected chi connectivity index (χ3v) is 5.71. The fraction of sp³-hybridized carbons (Fsp3) is 0.600. The first-order valence-corrected chi connectivity index (χ1v) is 9.06. The van der Waals surface area contributed by atoms with Gasteiger partial charge in [-0.1, -0.05) is 0 Å². The van der Waals surface area contributed by atoms with Crippen molar-refractivity contribution in [1.29, 1.82) is 0 Å². The molecule has 23 heavy (non-hydrogen) atoms. The van der Waals surface area contributed by atoms with E-state index in [1.807, 2.05) is 13.8 Å². The fourth-order valence-electron chi connectivity index (χ4n) is 2.93. The van der Waals surface area contributed by atoms with Crippen LogP contribution in [0.2, 0.25) is 0 Å². The average Bonchev–Trinajstić information content (AvgIpc) is 2.70. The van der Waals surface area contributed by atoms with Gasteiger partial charge in [0.1, 0.15) is 0 Å². The van der Waals surface area contributed by atoms with E-state index in [1.54, 1.807) is 18.2 Å². The summed E-state index contributed by atoms with van der Waals surface area (Å²) in [6.45, 7) is 6.06. The van der Waals surface area contributed by atoms with E-state index in [4.69, 9.17) is 9.47 Å². The fourth-order valence-corrected chi connectivity index (χ4v) is 4.56. The van der Waals surface area contributed by atoms with E-state index >= 15 is 0 Å². The predicted molar refractivity (Wildman–Crippen MR) is 90.1 cm³/mol. The zero-order chi connectivity index (χ0) is 15.7. The summed E-state index contributed by atoms with van der Waals surface area (Å²) in [5, 5.41) is 3.34. The molecule has 2 unspecified atom stereocenters. The lowest BCUT2D eigenvalue weighted by Crippen LogP contribution is -2.55. The predicted octanol–water partition coefficient (Wildman–Crippen LogP) is 1.64. The molecule has 3 rings (SSSR count). The van der Waals surface area contributed by atoms with Crippen LogP contribution in [-0.4, -0.2) is 51.1 Å². The number of benzene rings is 1. The van der Waals surface area contributed by atoms with Crippen LogP contribution in [0.5, 0.6) is 11.5 Å². The van der Waals surface area contributed by atoms with Gasteiger partial charge >= 0.3 is 0 Å². The number of hydrogen-bond donors (Lipinski definition) is 1. The highest BCUT2D eigenvalue weighted by molar-refractivity contribution is 7.89. The van der Waals surface area contributed by atoms with Crippen LogP contribution in [0.3, 0.4) is 0 Å². The number of nitrogens with zero attached hydrogens (tertiary/aromatic N) is 1. The Hall–Kier alpha value is -1.02. The Morgan fingerprint density at radius 1 is 1.09 bits per heavy atom. The van der Waals surface area contributed by atoms with E-state index in [9.17, 15) is 8.42 Å². The van der Waals surface area contributed by atoms with Crippen LogP contribution in [-0.2, 0) is 10.0 Å². The highest BCUT2D eigenvalue weighted by Gasteiger charge is 2.32. The van der Waals surface area contributed by atoms with Gasteiger partial charge < -0.3 is 14.8 Å². The normalized spacial score (nSPS) is 25.3. The lowest BCUT2D eigenvalue weighted by molar-refractivity contribution is 0.262. The molecule has 1 aromatic carbocycles. The second kappa shape index (κ2) is 7.25. The number of nitrogens with one attached hydrogen (secondary N) is 1. The first kappa shape index (κ1) is 18.3. The zero-order valence-electron chi connectivity index (χ0n) is 13.3. The van der Waals surface area contributed by atoms with Crippen LogP contribution in [0.15, 0.2) is 23.1 Å². The summed E-state index contributed by atoms with van der Waals surface area (Å²) in [7, 11) is -3.52. The summed E-state index contributed by atoms with van der Waals surface area (Å²) in [5.74, 6) is 1.12. The van der Waals surface area contributed by atoms with Crippen molar-refractivity contribution in [2.24, 2.45) is 0 Å². The van der Waals surface area contributed by atoms with Crippen LogP contribution in [0.4, 0.5) is 0 Å². The topological polar surface area (TPSA) is 67.9 Å². The van der Waals surface area contributed by atoms with Gasteiger partial charge in [-0.05, 0) is 26.0 Å². The minimum Gasteiger partial charge on any atom is -0.490 e. The highest BCUT2D eigenvalue weighted by atomic mass is 35.5. The second-order valence-corrected chi connectivity index (χ2v) is 7.89. The van der Waals surface area contributed by atoms with E-state index in [2.05, 4.69) is 5.32 Å². The molecule has 0 spiro atoms. The minimum atomic E-state index is -3.52. The molecule has 1 saturated heterocycles. The molecular weight excluding hydrogens is 340 g/mol. The van der Waals surface area contributed by atoms with Gasteiger partial charge in [0.25, 0.3) is 0 Å². The van der Waals surface area contributed by atoms with Gasteiger partial charge in [-0.25, -0.2) is 8.42 Å². The number of sulfonamides is 1. The summed E-state index contributed by atoms with van der Waals surface area (Å²) in [6, 6.07) is 5.13. The third kappa shape index (κ3) is 3.91. The molecule has 2 heterocycles. The Morgan fingerprint density at radius 2 is 1.70 bits per heavy atom. The molecule has 8 heteroatoms. The molecule has 0 aromatic heterocycles. The first-order valence-electron chi connectivity index (χ1n) is 7.62. The standard InChI is InChI=1S/C15H22N2O4S.ClH/c1-11-9-17(10-12(2)16-11)22(18,19)13-4-5-14-15(8-13)21-7-3-6-20-14;/h4-5,8,11-12,16H,3,6-7,9-10H2,1-2H3;1H. The molecule has 1 N–H and O–H groups in total. The molecule has 0 saturated carbocycles. The van der Waals surface area contributed by atoms with E-state index in [0.29, 0.717) is 37.8 Å². The maximum atomic E-state index is 12.9. The quantitative estimate of drug-likeness (QED) is 0.866. The summed E-state index contributed by atoms with van der Waals surface area (Å²) < 4.78 is 38.4. The van der Waals surface area contributed by atoms with E-state index < -0.39 is 10.0 Å². The Labute approximate surface area is 143 Å². The number of ether oxygens (including phenoxy) is 2. The molecule has 2 aliphatic heterocycles. The maximum absolute atomic E-state index is 12.9. The summed E-state index contributed by atoms with van der Waals surface area (Å²) >= 11 is 0. The van der Waals surface area contributed by atoms with E-state index in [0.717, 1.165) is 6.42 Å². The number of piperazine rings is 1. The van der Waals surface area contributed by atoms with Gasteiger partial charge in [0, 0.05) is 37.7 Å². The van der Waals surface area contributed by atoms with Gasteiger partial charge in [-0.15, -0.1) is 12.4 Å². The Kier molecular flexibility index (Phi) is 5.78. The van der Waals surface area contributed by atoms with Crippen LogP contribution in [0.25, 0.3) is 0 Å². The molecule has 2 aliphatic rings. The van der Waals surface area contributed by atoms with Gasteiger partial charge in [0.2, 0.25) is 10.0 Å². The van der Waals surface area contributed by atoms with Gasteiger partial charge in [-0.2, -0.15) is 4.31 Å². The molecule has 1 fully saturated rings. The molecule has 130 valence electrons. The van der Waals surface area contributed by atoms with Crippen molar-refractivity contribution in [3.05, 3.63) is 18.2 Å². The Morgan fingerprint density at radius 3 is 2.35 bits per heavy atom. The monoisotopic (exact) mass is 362 g/mol. The second-order valence-electron chi connectivity index (χ2n) is 5.95. The largest absolute Gasteiger partial charge is 0.490 e. The Balaban J connectivity index is 0.00000192. The SMILES string of the molecule is CC1CN(S(=O)(=O)c2ccc3c(c2)OCCCO3)CC(C)N1.Cl. The zero-order valence-corrected chi connectivity index (χ0v) is 15.0. The summed E-state index contributed by atoms with van der Waals surface area (Å²) in [6.07, 6.45) is 0.795. The van der Waals surface area contributed by atoms with Gasteiger partial charge in [0.05, 0.1) is 18.1 Å². The Bertz CT molecular complexity index is 643.